The molecule has 0 aromatic carbocycles. The number of hydrogen-bond donors (Lipinski definition) is 0. The molecule has 0 saturated heterocycles. The third-order valence-electron chi connectivity index (χ3n) is 1.69. The zero-order chi connectivity index (χ0) is 10.6. The topological polar surface area (TPSA) is 42.4 Å². The van der Waals surface area contributed by atoms with Gasteiger partial charge in [-0.1, -0.05) is 0 Å². The third-order valence-corrected chi connectivity index (χ3v) is 1.69. The Morgan fingerprint density at radius 3 is 2.86 bits per heavy atom. The van der Waals surface area contributed by atoms with E-state index in [4.69, 9.17) is 4.74 Å². The standard InChI is InChI=1S/C10H14N2O2/c1-4-14-9-8(6-5-7-11-9)10(13)12(2)3/h5-7H,4H2,1-3H3. The Bertz CT molecular complexity index is 324. The highest BCUT2D eigenvalue weighted by Crippen LogP contribution is 2.15. The van der Waals surface area contributed by atoms with Crippen molar-refractivity contribution in [1.82, 2.24) is 9.88 Å². The van der Waals surface area contributed by atoms with Gasteiger partial charge in [0.1, 0.15) is 5.56 Å². The van der Waals surface area contributed by atoms with Crippen LogP contribution < -0.4 is 4.74 Å². The van der Waals surface area contributed by atoms with Gasteiger partial charge >= 0.3 is 0 Å². The Balaban J connectivity index is 3.00. The summed E-state index contributed by atoms with van der Waals surface area (Å²) < 4.78 is 5.25. The van der Waals surface area contributed by atoms with Gasteiger partial charge in [0.15, 0.2) is 0 Å². The maximum absolute atomic E-state index is 11.6. The molecule has 0 atom stereocenters. The minimum absolute atomic E-state index is 0.0958. The highest BCUT2D eigenvalue weighted by atomic mass is 16.5. The van der Waals surface area contributed by atoms with Gasteiger partial charge < -0.3 is 9.64 Å². The molecular formula is C10H14N2O2. The van der Waals surface area contributed by atoms with Crippen LogP contribution in [0.25, 0.3) is 0 Å². The summed E-state index contributed by atoms with van der Waals surface area (Å²) in [5, 5.41) is 0. The summed E-state index contributed by atoms with van der Waals surface area (Å²) in [7, 11) is 3.40. The number of ether oxygens (including phenoxy) is 1. The molecule has 0 fully saturated rings. The quantitative estimate of drug-likeness (QED) is 0.725. The van der Waals surface area contributed by atoms with E-state index < -0.39 is 0 Å². The van der Waals surface area contributed by atoms with Crippen molar-refractivity contribution in [1.29, 1.82) is 0 Å². The first-order chi connectivity index (χ1) is 6.66. The molecule has 0 unspecified atom stereocenters. The lowest BCUT2D eigenvalue weighted by Gasteiger charge is -2.12. The van der Waals surface area contributed by atoms with Gasteiger partial charge in [0, 0.05) is 20.3 Å². The Labute approximate surface area is 83.5 Å². The first kappa shape index (κ1) is 10.5. The molecule has 0 aliphatic rings. The number of carbonyl (C=O) groups excluding carboxylic acids is 1. The number of pyridine rings is 1. The summed E-state index contributed by atoms with van der Waals surface area (Å²) in [5.41, 5.74) is 0.499. The molecule has 1 aromatic heterocycles. The maximum atomic E-state index is 11.6. The molecule has 0 radical (unpaired) electrons. The summed E-state index contributed by atoms with van der Waals surface area (Å²) >= 11 is 0. The van der Waals surface area contributed by atoms with Crippen LogP contribution in [0.3, 0.4) is 0 Å². The second-order valence-electron chi connectivity index (χ2n) is 2.99. The van der Waals surface area contributed by atoms with Gasteiger partial charge in [0.25, 0.3) is 5.91 Å². The number of amides is 1. The molecule has 4 nitrogen and oxygen atoms in total. The molecule has 0 aliphatic heterocycles. The lowest BCUT2D eigenvalue weighted by molar-refractivity contribution is 0.0822. The monoisotopic (exact) mass is 194 g/mol. The second-order valence-corrected chi connectivity index (χ2v) is 2.99. The summed E-state index contributed by atoms with van der Waals surface area (Å²) in [4.78, 5) is 17.1. The molecule has 1 rings (SSSR count). The van der Waals surface area contributed by atoms with Crippen LogP contribution in [0.4, 0.5) is 0 Å². The molecule has 0 spiro atoms. The van der Waals surface area contributed by atoms with Crippen molar-refractivity contribution in [2.75, 3.05) is 20.7 Å². The van der Waals surface area contributed by atoms with E-state index in [9.17, 15) is 4.79 Å². The van der Waals surface area contributed by atoms with Gasteiger partial charge in [0.05, 0.1) is 6.61 Å². The predicted molar refractivity (Wildman–Crippen MR) is 53.4 cm³/mol. The van der Waals surface area contributed by atoms with Crippen LogP contribution in [0.5, 0.6) is 5.88 Å². The Morgan fingerprint density at radius 1 is 1.57 bits per heavy atom. The first-order valence-electron chi connectivity index (χ1n) is 4.46. The van der Waals surface area contributed by atoms with Crippen LogP contribution in [0.2, 0.25) is 0 Å². The van der Waals surface area contributed by atoms with E-state index in [0.29, 0.717) is 18.1 Å². The lowest BCUT2D eigenvalue weighted by atomic mass is 10.2. The molecule has 0 N–H and O–H groups in total. The highest BCUT2D eigenvalue weighted by Gasteiger charge is 2.14. The van der Waals surface area contributed by atoms with E-state index in [2.05, 4.69) is 4.98 Å². The van der Waals surface area contributed by atoms with Gasteiger partial charge in [0.2, 0.25) is 5.88 Å². The zero-order valence-corrected chi connectivity index (χ0v) is 8.65. The number of aromatic nitrogens is 1. The second kappa shape index (κ2) is 4.60. The van der Waals surface area contributed by atoms with Crippen molar-refractivity contribution < 1.29 is 9.53 Å². The van der Waals surface area contributed by atoms with Crippen molar-refractivity contribution in [2.45, 2.75) is 6.92 Å². The highest BCUT2D eigenvalue weighted by molar-refractivity contribution is 5.95. The van der Waals surface area contributed by atoms with Crippen LogP contribution in [0, 0.1) is 0 Å². The van der Waals surface area contributed by atoms with Crippen molar-refractivity contribution in [3.63, 3.8) is 0 Å². The van der Waals surface area contributed by atoms with Gasteiger partial charge in [-0.05, 0) is 19.1 Å². The number of hydrogen-bond acceptors (Lipinski definition) is 3. The summed E-state index contributed by atoms with van der Waals surface area (Å²) in [6, 6.07) is 3.43. The fraction of sp³-hybridized carbons (Fsp3) is 0.400. The molecule has 4 heteroatoms. The maximum Gasteiger partial charge on any atom is 0.258 e. The molecule has 1 aromatic rings. The first-order valence-corrected chi connectivity index (χ1v) is 4.46. The summed E-state index contributed by atoms with van der Waals surface area (Å²) in [6.07, 6.45) is 1.61. The van der Waals surface area contributed by atoms with Crippen molar-refractivity contribution in [3.05, 3.63) is 23.9 Å². The van der Waals surface area contributed by atoms with E-state index in [1.807, 2.05) is 6.92 Å². The van der Waals surface area contributed by atoms with Gasteiger partial charge in [-0.2, -0.15) is 0 Å². The fourth-order valence-electron chi connectivity index (χ4n) is 1.05. The van der Waals surface area contributed by atoms with Gasteiger partial charge in [-0.3, -0.25) is 4.79 Å². The fourth-order valence-corrected chi connectivity index (χ4v) is 1.05. The summed E-state index contributed by atoms with van der Waals surface area (Å²) in [6.45, 7) is 2.36. The number of carbonyl (C=O) groups is 1. The molecule has 0 bridgehead atoms. The predicted octanol–water partition coefficient (Wildman–Crippen LogP) is 1.18. The van der Waals surface area contributed by atoms with E-state index in [1.165, 1.54) is 4.90 Å². The molecule has 1 amide bonds. The van der Waals surface area contributed by atoms with Crippen molar-refractivity contribution >= 4 is 5.91 Å². The van der Waals surface area contributed by atoms with Crippen LogP contribution in [0.1, 0.15) is 17.3 Å². The van der Waals surface area contributed by atoms with Crippen LogP contribution in [0.15, 0.2) is 18.3 Å². The van der Waals surface area contributed by atoms with Gasteiger partial charge in [-0.15, -0.1) is 0 Å². The Kier molecular flexibility index (Phi) is 3.45. The van der Waals surface area contributed by atoms with E-state index in [1.54, 1.807) is 32.4 Å². The van der Waals surface area contributed by atoms with Crippen LogP contribution in [-0.2, 0) is 0 Å². The molecule has 0 saturated carbocycles. The van der Waals surface area contributed by atoms with Crippen molar-refractivity contribution in [2.24, 2.45) is 0 Å². The zero-order valence-electron chi connectivity index (χ0n) is 8.65. The molecule has 1 heterocycles. The number of nitrogens with zero attached hydrogens (tertiary/aromatic N) is 2. The molecular weight excluding hydrogens is 180 g/mol. The SMILES string of the molecule is CCOc1ncccc1C(=O)N(C)C. The summed E-state index contributed by atoms with van der Waals surface area (Å²) in [5.74, 6) is 0.301. The number of rotatable bonds is 3. The minimum atomic E-state index is -0.0958. The Hall–Kier alpha value is -1.58. The molecule has 14 heavy (non-hydrogen) atoms. The molecule has 0 aliphatic carbocycles. The van der Waals surface area contributed by atoms with E-state index in [-0.39, 0.29) is 5.91 Å². The molecule has 76 valence electrons. The average molecular weight is 194 g/mol. The third kappa shape index (κ3) is 2.22. The van der Waals surface area contributed by atoms with Crippen molar-refractivity contribution in [3.8, 4) is 5.88 Å². The van der Waals surface area contributed by atoms with E-state index >= 15 is 0 Å². The van der Waals surface area contributed by atoms with Gasteiger partial charge in [-0.25, -0.2) is 4.98 Å². The van der Waals surface area contributed by atoms with E-state index in [0.717, 1.165) is 0 Å². The normalized spacial score (nSPS) is 9.64. The smallest absolute Gasteiger partial charge is 0.258 e. The van der Waals surface area contributed by atoms with Crippen LogP contribution in [-0.4, -0.2) is 36.5 Å². The lowest BCUT2D eigenvalue weighted by Crippen LogP contribution is -2.22. The van der Waals surface area contributed by atoms with Crippen LogP contribution >= 0.6 is 0 Å². The average Bonchev–Trinajstić information content (AvgIpc) is 2.18. The largest absolute Gasteiger partial charge is 0.477 e. The Morgan fingerprint density at radius 2 is 2.29 bits per heavy atom. The minimum Gasteiger partial charge on any atom is -0.477 e.